The van der Waals surface area contributed by atoms with Crippen LogP contribution < -0.4 is 0 Å². The van der Waals surface area contributed by atoms with Gasteiger partial charge in [-0.3, -0.25) is 19.5 Å². The van der Waals surface area contributed by atoms with Gasteiger partial charge < -0.3 is 9.47 Å². The van der Waals surface area contributed by atoms with Gasteiger partial charge in [0.05, 0.1) is 30.1 Å². The molecule has 0 atom stereocenters. The van der Waals surface area contributed by atoms with Crippen molar-refractivity contribution in [3.63, 3.8) is 0 Å². The number of nitrogens with zero attached hydrogens (tertiary/aromatic N) is 2. The fourth-order valence-corrected chi connectivity index (χ4v) is 5.08. The maximum absolute atomic E-state index is 12.3. The Balaban J connectivity index is 1.77. The van der Waals surface area contributed by atoms with Crippen molar-refractivity contribution in [2.24, 2.45) is 0 Å². The van der Waals surface area contributed by atoms with Crippen LogP contribution in [0.4, 0.5) is 0 Å². The van der Waals surface area contributed by atoms with Gasteiger partial charge >= 0.3 is 11.9 Å². The molecular weight excluding hydrogens is 412 g/mol. The minimum Gasteiger partial charge on any atom is -0.416 e. The molecule has 2 aromatic rings. The third-order valence-corrected chi connectivity index (χ3v) is 6.65. The van der Waals surface area contributed by atoms with Crippen LogP contribution in [0.5, 0.6) is 0 Å². The second-order valence-electron chi connectivity index (χ2n) is 7.20. The van der Waals surface area contributed by atoms with Crippen molar-refractivity contribution < 1.29 is 19.1 Å². The average molecular weight is 433 g/mol. The van der Waals surface area contributed by atoms with Crippen LogP contribution in [-0.2, 0) is 37.0 Å². The van der Waals surface area contributed by atoms with E-state index >= 15 is 0 Å². The molecule has 152 valence electrons. The van der Waals surface area contributed by atoms with E-state index in [0.29, 0.717) is 22.8 Å². The molecule has 1 saturated heterocycles. The number of aromatic nitrogens is 1. The van der Waals surface area contributed by atoms with Crippen LogP contribution in [0.25, 0.3) is 0 Å². The Morgan fingerprint density at radius 3 is 2.59 bits per heavy atom. The largest absolute Gasteiger partial charge is 0.416 e. The number of thioether (sulfide) groups is 1. The lowest BCUT2D eigenvalue weighted by Crippen LogP contribution is -2.44. The fraction of sp³-hybridized carbons (Fsp3) is 0.381. The Kier molecular flexibility index (Phi) is 5.81. The first kappa shape index (κ1) is 20.2. The molecule has 0 aliphatic carbocycles. The normalized spacial score (nSPS) is 19.1. The van der Waals surface area contributed by atoms with Crippen LogP contribution in [0, 0.1) is 0 Å². The number of ether oxygens (including phenoxy) is 2. The number of likely N-dealkylation sites (N-methyl/N-ethyl adjacent to an activating group) is 1. The number of pyridine rings is 1. The molecule has 1 fully saturated rings. The number of esters is 2. The standard InChI is InChI=1S/C21H21ClN2O4S/c1-24-11-9-15-16(21(13-24)27-18(25)7-8-19(26)28-21)5-6-17(22)20(15)29-12-14-4-2-3-10-23-14/h2-6,10H,7-9,11-13H2,1H3. The minimum atomic E-state index is -1.45. The summed E-state index contributed by atoms with van der Waals surface area (Å²) >= 11 is 8.15. The highest BCUT2D eigenvalue weighted by atomic mass is 35.5. The molecule has 2 aliphatic heterocycles. The summed E-state index contributed by atoms with van der Waals surface area (Å²) in [5.41, 5.74) is 2.59. The molecule has 1 aromatic heterocycles. The van der Waals surface area contributed by atoms with E-state index in [0.717, 1.165) is 22.7 Å². The average Bonchev–Trinajstić information content (AvgIpc) is 2.92. The van der Waals surface area contributed by atoms with E-state index in [9.17, 15) is 9.59 Å². The van der Waals surface area contributed by atoms with Gasteiger partial charge in [-0.2, -0.15) is 0 Å². The number of carbonyl (C=O) groups excluding carboxylic acids is 2. The predicted octanol–water partition coefficient (Wildman–Crippen LogP) is 3.55. The van der Waals surface area contributed by atoms with Crippen LogP contribution in [0.2, 0.25) is 5.02 Å². The quantitative estimate of drug-likeness (QED) is 0.542. The predicted molar refractivity (Wildman–Crippen MR) is 110 cm³/mol. The second-order valence-corrected chi connectivity index (χ2v) is 8.59. The second kappa shape index (κ2) is 8.34. The molecule has 6 nitrogen and oxygen atoms in total. The zero-order chi connectivity index (χ0) is 20.4. The van der Waals surface area contributed by atoms with Gasteiger partial charge in [-0.05, 0) is 43.3 Å². The van der Waals surface area contributed by atoms with Crippen molar-refractivity contribution >= 4 is 35.3 Å². The van der Waals surface area contributed by atoms with Gasteiger partial charge in [0.1, 0.15) is 0 Å². The first-order chi connectivity index (χ1) is 14.0. The van der Waals surface area contributed by atoms with Crippen LogP contribution in [0.15, 0.2) is 41.4 Å². The first-order valence-electron chi connectivity index (χ1n) is 9.44. The molecule has 1 spiro atoms. The maximum atomic E-state index is 12.3. The molecule has 1 aromatic carbocycles. The molecule has 4 rings (SSSR count). The molecule has 0 unspecified atom stereocenters. The third-order valence-electron chi connectivity index (χ3n) is 5.03. The summed E-state index contributed by atoms with van der Waals surface area (Å²) in [4.78, 5) is 31.8. The SMILES string of the molecule is CN1CCc2c(ccc(Cl)c2SCc2ccccn2)C2(C1)OC(=O)CCC(=O)O2. The van der Waals surface area contributed by atoms with Crippen molar-refractivity contribution in [2.45, 2.75) is 35.7 Å². The Morgan fingerprint density at radius 2 is 1.90 bits per heavy atom. The van der Waals surface area contributed by atoms with Crippen molar-refractivity contribution in [1.29, 1.82) is 0 Å². The van der Waals surface area contributed by atoms with Gasteiger partial charge in [0.25, 0.3) is 5.79 Å². The maximum Gasteiger partial charge on any atom is 0.309 e. The van der Waals surface area contributed by atoms with Gasteiger partial charge in [-0.1, -0.05) is 17.7 Å². The van der Waals surface area contributed by atoms with Crippen LogP contribution in [0.3, 0.4) is 0 Å². The molecule has 2 aliphatic rings. The van der Waals surface area contributed by atoms with Crippen molar-refractivity contribution in [3.05, 3.63) is 58.4 Å². The number of fused-ring (bicyclic) bond motifs is 2. The molecule has 0 amide bonds. The zero-order valence-corrected chi connectivity index (χ0v) is 17.6. The van der Waals surface area contributed by atoms with E-state index in [-0.39, 0.29) is 19.4 Å². The summed E-state index contributed by atoms with van der Waals surface area (Å²) < 4.78 is 11.5. The smallest absolute Gasteiger partial charge is 0.309 e. The van der Waals surface area contributed by atoms with Gasteiger partial charge in [0.15, 0.2) is 0 Å². The van der Waals surface area contributed by atoms with Crippen LogP contribution >= 0.6 is 23.4 Å². The lowest BCUT2D eigenvalue weighted by Gasteiger charge is -2.34. The Labute approximate surface area is 178 Å². The molecule has 0 bridgehead atoms. The highest BCUT2D eigenvalue weighted by Gasteiger charge is 2.47. The molecule has 0 N–H and O–H groups in total. The number of halogens is 1. The number of benzene rings is 1. The fourth-order valence-electron chi connectivity index (χ4n) is 3.68. The van der Waals surface area contributed by atoms with E-state index in [1.807, 2.05) is 36.2 Å². The molecule has 0 radical (unpaired) electrons. The summed E-state index contributed by atoms with van der Waals surface area (Å²) in [5.74, 6) is -1.67. The minimum absolute atomic E-state index is 0.0223. The molecular formula is C21H21ClN2O4S. The number of hydrogen-bond donors (Lipinski definition) is 0. The van der Waals surface area contributed by atoms with Crippen molar-refractivity contribution in [3.8, 4) is 0 Å². The Morgan fingerprint density at radius 1 is 1.14 bits per heavy atom. The van der Waals surface area contributed by atoms with Crippen LogP contribution in [0.1, 0.15) is 29.7 Å². The van der Waals surface area contributed by atoms with Gasteiger partial charge in [-0.15, -0.1) is 11.8 Å². The highest BCUT2D eigenvalue weighted by molar-refractivity contribution is 7.98. The van der Waals surface area contributed by atoms with Crippen molar-refractivity contribution in [1.82, 2.24) is 9.88 Å². The summed E-state index contributed by atoms with van der Waals surface area (Å²) in [7, 11) is 1.92. The number of carbonyl (C=O) groups is 2. The summed E-state index contributed by atoms with van der Waals surface area (Å²) in [6.07, 6.45) is 2.51. The topological polar surface area (TPSA) is 68.7 Å². The molecule has 29 heavy (non-hydrogen) atoms. The van der Waals surface area contributed by atoms with Gasteiger partial charge in [0.2, 0.25) is 0 Å². The lowest BCUT2D eigenvalue weighted by atomic mass is 9.98. The van der Waals surface area contributed by atoms with E-state index in [2.05, 4.69) is 4.98 Å². The lowest BCUT2D eigenvalue weighted by molar-refractivity contribution is -0.231. The highest BCUT2D eigenvalue weighted by Crippen LogP contribution is 2.43. The Hall–Kier alpha value is -2.09. The molecule has 0 saturated carbocycles. The Bertz CT molecular complexity index is 920. The summed E-state index contributed by atoms with van der Waals surface area (Å²) in [6, 6.07) is 9.38. The monoisotopic (exact) mass is 432 g/mol. The van der Waals surface area contributed by atoms with E-state index in [1.165, 1.54) is 0 Å². The van der Waals surface area contributed by atoms with Gasteiger partial charge in [-0.25, -0.2) is 0 Å². The number of rotatable bonds is 3. The van der Waals surface area contributed by atoms with E-state index in [1.54, 1.807) is 24.0 Å². The number of hydrogen-bond acceptors (Lipinski definition) is 7. The van der Waals surface area contributed by atoms with E-state index < -0.39 is 17.7 Å². The van der Waals surface area contributed by atoms with Crippen LogP contribution in [-0.4, -0.2) is 42.0 Å². The summed E-state index contributed by atoms with van der Waals surface area (Å²) in [6.45, 7) is 1.00. The van der Waals surface area contributed by atoms with Gasteiger partial charge in [0, 0.05) is 29.0 Å². The zero-order valence-electron chi connectivity index (χ0n) is 16.0. The van der Waals surface area contributed by atoms with Crippen molar-refractivity contribution in [2.75, 3.05) is 20.1 Å². The van der Waals surface area contributed by atoms with E-state index in [4.69, 9.17) is 21.1 Å². The molecule has 8 heteroatoms. The first-order valence-corrected chi connectivity index (χ1v) is 10.8. The molecule has 3 heterocycles. The summed E-state index contributed by atoms with van der Waals surface area (Å²) in [5, 5.41) is 0.621. The third kappa shape index (κ3) is 4.27.